The fourth-order valence-corrected chi connectivity index (χ4v) is 2.25. The molecule has 0 saturated heterocycles. The van der Waals surface area contributed by atoms with Gasteiger partial charge in [0, 0.05) is 12.0 Å². The lowest BCUT2D eigenvalue weighted by Gasteiger charge is -2.19. The van der Waals surface area contributed by atoms with Crippen LogP contribution in [0.4, 0.5) is 0 Å². The number of rotatable bonds is 8. The summed E-state index contributed by atoms with van der Waals surface area (Å²) in [5.41, 5.74) is 2.54. The Morgan fingerprint density at radius 3 is 2.26 bits per heavy atom. The van der Waals surface area contributed by atoms with Crippen LogP contribution in [0.25, 0.3) is 0 Å². The minimum atomic E-state index is -0.364. The number of ether oxygens (including phenoxy) is 2. The molecule has 1 atom stereocenters. The predicted octanol–water partition coefficient (Wildman–Crippen LogP) is 4.45. The number of carbonyl (C=O) groups excluding carboxylic acids is 1. The van der Waals surface area contributed by atoms with Gasteiger partial charge in [0.05, 0.1) is 19.3 Å². The topological polar surface area (TPSA) is 35.5 Å². The van der Waals surface area contributed by atoms with Gasteiger partial charge in [0.1, 0.15) is 0 Å². The first-order valence-corrected chi connectivity index (χ1v) is 7.76. The summed E-state index contributed by atoms with van der Waals surface area (Å²) in [6, 6.07) is 19.8. The van der Waals surface area contributed by atoms with Gasteiger partial charge in [0.2, 0.25) is 0 Å². The molecule has 2 rings (SSSR count). The lowest BCUT2D eigenvalue weighted by atomic mass is 10.0. The Labute approximate surface area is 137 Å². The maximum atomic E-state index is 11.8. The number of hydrogen-bond acceptors (Lipinski definition) is 3. The molecule has 0 aromatic heterocycles. The molecule has 23 heavy (non-hydrogen) atoms. The number of benzene rings is 2. The fourth-order valence-electron chi connectivity index (χ4n) is 2.25. The highest BCUT2D eigenvalue weighted by Crippen LogP contribution is 2.26. The van der Waals surface area contributed by atoms with Crippen molar-refractivity contribution in [2.75, 3.05) is 6.61 Å². The third kappa shape index (κ3) is 5.38. The Bertz CT molecular complexity index is 620. The number of carbonyl (C=O) groups is 1. The molecule has 0 aliphatic heterocycles. The summed E-state index contributed by atoms with van der Waals surface area (Å²) in [6.07, 6.45) is 0.184. The molecule has 0 fully saturated rings. The molecule has 0 amide bonds. The second-order valence-corrected chi connectivity index (χ2v) is 5.22. The average Bonchev–Trinajstić information content (AvgIpc) is 2.60. The molecule has 0 saturated carbocycles. The first kappa shape index (κ1) is 17.0. The van der Waals surface area contributed by atoms with Crippen LogP contribution in [0.5, 0.6) is 0 Å². The van der Waals surface area contributed by atoms with Gasteiger partial charge in [-0.15, -0.1) is 0 Å². The highest BCUT2D eigenvalue weighted by atomic mass is 16.5. The van der Waals surface area contributed by atoms with Gasteiger partial charge in [-0.05, 0) is 18.1 Å². The predicted molar refractivity (Wildman–Crippen MR) is 90.8 cm³/mol. The van der Waals surface area contributed by atoms with Crippen molar-refractivity contribution in [2.45, 2.75) is 26.1 Å². The van der Waals surface area contributed by atoms with Crippen LogP contribution in [0.1, 0.15) is 30.6 Å². The van der Waals surface area contributed by atoms with Gasteiger partial charge in [-0.2, -0.15) is 0 Å². The Kier molecular flexibility index (Phi) is 6.57. The molecule has 0 bridgehead atoms. The summed E-state index contributed by atoms with van der Waals surface area (Å²) in [5, 5.41) is 0. The molecule has 2 aromatic carbocycles. The Morgan fingerprint density at radius 2 is 1.65 bits per heavy atom. The van der Waals surface area contributed by atoms with Gasteiger partial charge >= 0.3 is 5.97 Å². The van der Waals surface area contributed by atoms with Crippen molar-refractivity contribution in [3.63, 3.8) is 0 Å². The van der Waals surface area contributed by atoms with Gasteiger partial charge in [-0.1, -0.05) is 67.2 Å². The molecular weight excluding hydrogens is 288 g/mol. The second kappa shape index (κ2) is 8.91. The van der Waals surface area contributed by atoms with Gasteiger partial charge in [-0.25, -0.2) is 4.79 Å². The second-order valence-electron chi connectivity index (χ2n) is 5.22. The van der Waals surface area contributed by atoms with Crippen molar-refractivity contribution < 1.29 is 14.3 Å². The van der Waals surface area contributed by atoms with Crippen molar-refractivity contribution in [3.05, 3.63) is 83.9 Å². The van der Waals surface area contributed by atoms with Crippen LogP contribution in [0.15, 0.2) is 72.8 Å². The van der Waals surface area contributed by atoms with Gasteiger partial charge < -0.3 is 9.47 Å². The monoisotopic (exact) mass is 310 g/mol. The van der Waals surface area contributed by atoms with Crippen molar-refractivity contribution in [3.8, 4) is 0 Å². The molecule has 0 spiro atoms. The lowest BCUT2D eigenvalue weighted by Crippen LogP contribution is -2.12. The molecule has 2 aromatic rings. The van der Waals surface area contributed by atoms with E-state index in [2.05, 4.69) is 6.58 Å². The molecular formula is C20H22O3. The van der Waals surface area contributed by atoms with E-state index in [1.165, 1.54) is 0 Å². The minimum Gasteiger partial charge on any atom is -0.463 e. The summed E-state index contributed by atoms with van der Waals surface area (Å²) in [7, 11) is 0. The van der Waals surface area contributed by atoms with Crippen molar-refractivity contribution in [1.82, 2.24) is 0 Å². The summed E-state index contributed by atoms with van der Waals surface area (Å²) >= 11 is 0. The van der Waals surface area contributed by atoms with Crippen LogP contribution in [0.3, 0.4) is 0 Å². The normalized spacial score (nSPS) is 11.7. The van der Waals surface area contributed by atoms with E-state index in [0.29, 0.717) is 25.2 Å². The van der Waals surface area contributed by atoms with E-state index in [1.807, 2.05) is 60.7 Å². The first-order chi connectivity index (χ1) is 11.2. The zero-order valence-electron chi connectivity index (χ0n) is 13.4. The number of esters is 1. The summed E-state index contributed by atoms with van der Waals surface area (Å²) in [4.78, 5) is 11.8. The van der Waals surface area contributed by atoms with E-state index in [1.54, 1.807) is 6.92 Å². The van der Waals surface area contributed by atoms with Crippen LogP contribution < -0.4 is 0 Å². The third-order valence-corrected chi connectivity index (χ3v) is 3.46. The molecule has 0 radical (unpaired) electrons. The average molecular weight is 310 g/mol. The highest BCUT2D eigenvalue weighted by molar-refractivity contribution is 5.87. The Balaban J connectivity index is 2.06. The molecule has 3 nitrogen and oxygen atoms in total. The van der Waals surface area contributed by atoms with E-state index in [4.69, 9.17) is 9.47 Å². The van der Waals surface area contributed by atoms with Crippen LogP contribution >= 0.6 is 0 Å². The molecule has 0 heterocycles. The SMILES string of the molecule is C=C(CC(OCc1ccccc1)c1ccccc1)C(=O)OCC. The third-order valence-electron chi connectivity index (χ3n) is 3.46. The van der Waals surface area contributed by atoms with Gasteiger partial charge in [0.25, 0.3) is 0 Å². The summed E-state index contributed by atoms with van der Waals surface area (Å²) < 4.78 is 11.1. The Morgan fingerprint density at radius 1 is 1.04 bits per heavy atom. The molecule has 0 N–H and O–H groups in total. The summed E-state index contributed by atoms with van der Waals surface area (Å²) in [5.74, 6) is -0.364. The Hall–Kier alpha value is -2.39. The van der Waals surface area contributed by atoms with Crippen molar-refractivity contribution in [1.29, 1.82) is 0 Å². The van der Waals surface area contributed by atoms with Gasteiger partial charge in [0.15, 0.2) is 0 Å². The van der Waals surface area contributed by atoms with E-state index >= 15 is 0 Å². The largest absolute Gasteiger partial charge is 0.463 e. The van der Waals surface area contributed by atoms with Crippen LogP contribution in [-0.2, 0) is 20.9 Å². The van der Waals surface area contributed by atoms with E-state index in [0.717, 1.165) is 11.1 Å². The van der Waals surface area contributed by atoms with Crippen LogP contribution in [0, 0.1) is 0 Å². The maximum Gasteiger partial charge on any atom is 0.333 e. The van der Waals surface area contributed by atoms with Crippen molar-refractivity contribution >= 4 is 5.97 Å². The standard InChI is InChI=1S/C20H22O3/c1-3-22-20(21)16(2)14-19(18-12-8-5-9-13-18)23-15-17-10-6-4-7-11-17/h4-13,19H,2-3,14-15H2,1H3. The smallest absolute Gasteiger partial charge is 0.333 e. The maximum absolute atomic E-state index is 11.8. The zero-order chi connectivity index (χ0) is 16.5. The minimum absolute atomic E-state index is 0.228. The molecule has 0 aliphatic rings. The fraction of sp³-hybridized carbons (Fsp3) is 0.250. The number of hydrogen-bond donors (Lipinski definition) is 0. The van der Waals surface area contributed by atoms with Crippen molar-refractivity contribution in [2.24, 2.45) is 0 Å². The van der Waals surface area contributed by atoms with Gasteiger partial charge in [-0.3, -0.25) is 0 Å². The molecule has 120 valence electrons. The lowest BCUT2D eigenvalue weighted by molar-refractivity contribution is -0.139. The molecule has 0 aliphatic carbocycles. The van der Waals surface area contributed by atoms with Crippen LogP contribution in [0.2, 0.25) is 0 Å². The molecule has 3 heteroatoms. The molecule has 1 unspecified atom stereocenters. The van der Waals surface area contributed by atoms with E-state index < -0.39 is 0 Å². The van der Waals surface area contributed by atoms with E-state index in [9.17, 15) is 4.79 Å². The zero-order valence-corrected chi connectivity index (χ0v) is 13.4. The van der Waals surface area contributed by atoms with E-state index in [-0.39, 0.29) is 12.1 Å². The summed E-state index contributed by atoms with van der Waals surface area (Å²) in [6.45, 7) is 6.45. The van der Waals surface area contributed by atoms with Crippen LogP contribution in [-0.4, -0.2) is 12.6 Å². The highest BCUT2D eigenvalue weighted by Gasteiger charge is 2.18. The first-order valence-electron chi connectivity index (χ1n) is 7.76. The quantitative estimate of drug-likeness (QED) is 0.533.